The lowest BCUT2D eigenvalue weighted by atomic mass is 10.2. The number of rotatable bonds is 3. The van der Waals surface area contributed by atoms with E-state index >= 15 is 0 Å². The predicted octanol–water partition coefficient (Wildman–Crippen LogP) is 1.36. The normalized spacial score (nSPS) is 11.2. The Morgan fingerprint density at radius 3 is 2.67 bits per heavy atom. The molecule has 0 amide bonds. The fraction of sp³-hybridized carbons (Fsp3) is 0.500. The highest BCUT2D eigenvalue weighted by Gasteiger charge is 2.02. The Kier molecular flexibility index (Phi) is 9.31. The van der Waals surface area contributed by atoms with Crippen LogP contribution in [0.5, 0.6) is 0 Å². The molecule has 1 aromatic heterocycles. The minimum Gasteiger partial charge on any atom is -0.351 e. The molecule has 0 bridgehead atoms. The summed E-state index contributed by atoms with van der Waals surface area (Å²) >= 11 is 5.51. The number of aromatic nitrogens is 2. The van der Waals surface area contributed by atoms with Crippen LogP contribution < -0.4 is 5.73 Å². The molecule has 3 nitrogen and oxygen atoms in total. The third-order valence-corrected chi connectivity index (χ3v) is 1.62. The zero-order chi connectivity index (χ0) is 7.40. The van der Waals surface area contributed by atoms with Crippen molar-refractivity contribution < 1.29 is 0 Å². The second kappa shape index (κ2) is 7.68. The molecule has 72 valence electrons. The summed E-state index contributed by atoms with van der Waals surface area (Å²) < 4.78 is 0. The first-order chi connectivity index (χ1) is 4.83. The highest BCUT2D eigenvalue weighted by molar-refractivity contribution is 6.18. The molecule has 3 N–H and O–H groups in total. The van der Waals surface area contributed by atoms with E-state index in [2.05, 4.69) is 9.97 Å². The summed E-state index contributed by atoms with van der Waals surface area (Å²) in [5.74, 6) is 0.479. The number of alkyl halides is 1. The van der Waals surface area contributed by atoms with E-state index in [9.17, 15) is 0 Å². The summed E-state index contributed by atoms with van der Waals surface area (Å²) in [6.45, 7) is 0. The van der Waals surface area contributed by atoms with E-state index in [1.807, 2.05) is 6.20 Å². The summed E-state index contributed by atoms with van der Waals surface area (Å²) in [7, 11) is 0. The third-order valence-electron chi connectivity index (χ3n) is 1.22. The smallest absolute Gasteiger partial charge is 0.0923 e. The van der Waals surface area contributed by atoms with E-state index in [1.54, 1.807) is 6.33 Å². The van der Waals surface area contributed by atoms with Crippen LogP contribution in [-0.2, 0) is 6.42 Å². The maximum absolute atomic E-state index is 5.58. The average molecular weight is 233 g/mol. The van der Waals surface area contributed by atoms with E-state index < -0.39 is 0 Å². The summed E-state index contributed by atoms with van der Waals surface area (Å²) in [6.07, 6.45) is 4.20. The van der Waals surface area contributed by atoms with Crippen LogP contribution in [0.1, 0.15) is 5.69 Å². The Bertz CT molecular complexity index is 178. The zero-order valence-electron chi connectivity index (χ0n) is 6.37. The van der Waals surface area contributed by atoms with Crippen molar-refractivity contribution in [2.75, 3.05) is 5.88 Å². The minimum atomic E-state index is 0. The van der Waals surface area contributed by atoms with Gasteiger partial charge in [-0.1, -0.05) is 0 Å². The highest BCUT2D eigenvalue weighted by atomic mass is 35.5. The molecule has 0 radical (unpaired) electrons. The highest BCUT2D eigenvalue weighted by Crippen LogP contribution is 1.96. The van der Waals surface area contributed by atoms with Gasteiger partial charge in [-0.25, -0.2) is 4.98 Å². The van der Waals surface area contributed by atoms with Gasteiger partial charge in [-0.2, -0.15) is 0 Å². The van der Waals surface area contributed by atoms with Gasteiger partial charge in [0.05, 0.1) is 12.0 Å². The maximum Gasteiger partial charge on any atom is 0.0923 e. The summed E-state index contributed by atoms with van der Waals surface area (Å²) in [6, 6.07) is 0.0185. The van der Waals surface area contributed by atoms with E-state index in [0.717, 1.165) is 12.1 Å². The Labute approximate surface area is 88.9 Å². The van der Waals surface area contributed by atoms with Gasteiger partial charge in [0, 0.05) is 24.5 Å². The second-order valence-electron chi connectivity index (χ2n) is 2.18. The molecule has 0 saturated heterocycles. The van der Waals surface area contributed by atoms with Crippen molar-refractivity contribution in [3.05, 3.63) is 18.2 Å². The van der Waals surface area contributed by atoms with Crippen LogP contribution in [0.25, 0.3) is 0 Å². The number of H-pyrrole nitrogens is 1. The first kappa shape index (κ1) is 14.6. The molecule has 0 saturated carbocycles. The molecule has 0 spiro atoms. The van der Waals surface area contributed by atoms with Crippen molar-refractivity contribution in [1.82, 2.24) is 9.97 Å². The van der Waals surface area contributed by atoms with Crippen LogP contribution in [0.3, 0.4) is 0 Å². The molecule has 1 aromatic rings. The number of halogens is 3. The van der Waals surface area contributed by atoms with Crippen molar-refractivity contribution >= 4 is 36.4 Å². The molecule has 0 fully saturated rings. The van der Waals surface area contributed by atoms with Crippen LogP contribution in [0.2, 0.25) is 0 Å². The van der Waals surface area contributed by atoms with Gasteiger partial charge >= 0.3 is 0 Å². The quantitative estimate of drug-likeness (QED) is 0.773. The van der Waals surface area contributed by atoms with E-state index in [4.69, 9.17) is 17.3 Å². The molecule has 1 rings (SSSR count). The predicted molar refractivity (Wildman–Crippen MR) is 55.5 cm³/mol. The third kappa shape index (κ3) is 4.83. The van der Waals surface area contributed by atoms with Gasteiger partial charge in [-0.3, -0.25) is 0 Å². The molecule has 0 aliphatic rings. The maximum atomic E-state index is 5.58. The summed E-state index contributed by atoms with van der Waals surface area (Å²) in [5, 5.41) is 0. The van der Waals surface area contributed by atoms with Gasteiger partial charge in [0.2, 0.25) is 0 Å². The molecule has 0 aromatic carbocycles. The fourth-order valence-electron chi connectivity index (χ4n) is 0.726. The lowest BCUT2D eigenvalue weighted by molar-refractivity contribution is 0.732. The van der Waals surface area contributed by atoms with Crippen molar-refractivity contribution in [1.29, 1.82) is 0 Å². The Hall–Kier alpha value is 0.0400. The number of hydrogen-bond acceptors (Lipinski definition) is 2. The number of nitrogens with one attached hydrogen (secondary N) is 1. The van der Waals surface area contributed by atoms with Crippen LogP contribution in [-0.4, -0.2) is 21.9 Å². The first-order valence-electron chi connectivity index (χ1n) is 3.12. The lowest BCUT2D eigenvalue weighted by Crippen LogP contribution is -2.24. The molecular weight excluding hydrogens is 220 g/mol. The van der Waals surface area contributed by atoms with E-state index in [0.29, 0.717) is 5.88 Å². The van der Waals surface area contributed by atoms with Crippen LogP contribution in [0, 0.1) is 0 Å². The molecule has 12 heavy (non-hydrogen) atoms. The van der Waals surface area contributed by atoms with Crippen LogP contribution in [0.15, 0.2) is 12.5 Å². The Morgan fingerprint density at radius 2 is 2.25 bits per heavy atom. The minimum absolute atomic E-state index is 0. The monoisotopic (exact) mass is 231 g/mol. The van der Waals surface area contributed by atoms with Crippen LogP contribution in [0.4, 0.5) is 0 Å². The summed E-state index contributed by atoms with van der Waals surface area (Å²) in [4.78, 5) is 6.86. The Morgan fingerprint density at radius 1 is 1.58 bits per heavy atom. The number of hydrogen-bond donors (Lipinski definition) is 2. The SMILES string of the molecule is Cl.Cl.NC(CCl)Cc1c[nH]cn1. The fourth-order valence-corrected chi connectivity index (χ4v) is 0.835. The van der Waals surface area contributed by atoms with E-state index in [1.165, 1.54) is 0 Å². The van der Waals surface area contributed by atoms with Gasteiger partial charge in [0.25, 0.3) is 0 Å². The van der Waals surface area contributed by atoms with Gasteiger partial charge in [0.1, 0.15) is 0 Å². The standard InChI is InChI=1S/C6H10ClN3.2ClH/c7-2-5(8)1-6-3-9-4-10-6;;/h3-5H,1-2,8H2,(H,9,10);2*1H. The molecule has 1 heterocycles. The molecule has 1 unspecified atom stereocenters. The number of nitrogens with zero attached hydrogens (tertiary/aromatic N) is 1. The zero-order valence-corrected chi connectivity index (χ0v) is 8.75. The molecule has 1 atom stereocenters. The van der Waals surface area contributed by atoms with Gasteiger partial charge in [0.15, 0.2) is 0 Å². The number of aromatic amines is 1. The van der Waals surface area contributed by atoms with Gasteiger partial charge < -0.3 is 10.7 Å². The first-order valence-corrected chi connectivity index (χ1v) is 3.65. The van der Waals surface area contributed by atoms with Crippen molar-refractivity contribution in [2.45, 2.75) is 12.5 Å². The average Bonchev–Trinajstić information content (AvgIpc) is 2.40. The van der Waals surface area contributed by atoms with Crippen molar-refractivity contribution in [2.24, 2.45) is 5.73 Å². The van der Waals surface area contributed by atoms with Gasteiger partial charge in [-0.05, 0) is 0 Å². The van der Waals surface area contributed by atoms with Gasteiger partial charge in [-0.15, -0.1) is 36.4 Å². The molecule has 0 aliphatic carbocycles. The molecule has 6 heteroatoms. The summed E-state index contributed by atoms with van der Waals surface area (Å²) in [5.41, 5.74) is 6.54. The number of nitrogens with two attached hydrogens (primary N) is 1. The second-order valence-corrected chi connectivity index (χ2v) is 2.49. The topological polar surface area (TPSA) is 54.7 Å². The largest absolute Gasteiger partial charge is 0.351 e. The Balaban J connectivity index is 0. The van der Waals surface area contributed by atoms with Crippen LogP contribution >= 0.6 is 36.4 Å². The molecular formula is C6H12Cl3N3. The number of imidazole rings is 1. The van der Waals surface area contributed by atoms with E-state index in [-0.39, 0.29) is 30.9 Å². The van der Waals surface area contributed by atoms with Crippen molar-refractivity contribution in [3.63, 3.8) is 0 Å². The van der Waals surface area contributed by atoms with Crippen molar-refractivity contribution in [3.8, 4) is 0 Å². The molecule has 0 aliphatic heterocycles. The lowest BCUT2D eigenvalue weighted by Gasteiger charge is -2.02.